The first-order valence-electron chi connectivity index (χ1n) is 5.34. The average molecular weight is 256 g/mol. The number of unbranched alkanes of at least 4 members (excludes halogenated alkanes) is 1. The molecule has 1 atom stereocenters. The van der Waals surface area contributed by atoms with Gasteiger partial charge in [-0.05, 0) is 25.0 Å². The highest BCUT2D eigenvalue weighted by molar-refractivity contribution is 7.75. The van der Waals surface area contributed by atoms with E-state index in [1.54, 1.807) is 24.3 Å². The molecule has 0 heterocycles. The highest BCUT2D eigenvalue weighted by Gasteiger charge is 2.02. The molecule has 0 amide bonds. The van der Waals surface area contributed by atoms with Gasteiger partial charge in [0, 0.05) is 0 Å². The zero-order chi connectivity index (χ0) is 12.3. The molecular formula is C12H16O4S. The lowest BCUT2D eigenvalue weighted by Gasteiger charge is -2.04. The van der Waals surface area contributed by atoms with Crippen LogP contribution in [0.4, 0.5) is 0 Å². The van der Waals surface area contributed by atoms with E-state index in [2.05, 4.69) is 6.58 Å². The largest absolute Gasteiger partial charge is 0.502 e. The number of benzene rings is 1. The molecule has 5 heteroatoms. The standard InChI is InChI=1S/C12H16O4S/c1-2-14-10-6-7-11-15-17(13)16-12-8-4-3-5-9-12/h2-5,8-9H,1,6-7,10-11H2. The molecule has 1 aromatic rings. The van der Waals surface area contributed by atoms with Crippen LogP contribution in [-0.2, 0) is 20.3 Å². The van der Waals surface area contributed by atoms with Gasteiger partial charge in [0.25, 0.3) is 0 Å². The molecule has 0 aliphatic carbocycles. The fraction of sp³-hybridized carbons (Fsp3) is 0.333. The minimum atomic E-state index is -1.74. The Balaban J connectivity index is 2.07. The molecule has 0 saturated heterocycles. The summed E-state index contributed by atoms with van der Waals surface area (Å²) in [6.45, 7) is 4.40. The molecule has 0 aromatic heterocycles. The van der Waals surface area contributed by atoms with Crippen LogP contribution in [0.3, 0.4) is 0 Å². The Morgan fingerprint density at radius 1 is 1.18 bits per heavy atom. The van der Waals surface area contributed by atoms with Gasteiger partial charge in [0.15, 0.2) is 0 Å². The summed E-state index contributed by atoms with van der Waals surface area (Å²) in [6.07, 6.45) is 2.99. The third-order valence-corrected chi connectivity index (χ3v) is 2.55. The van der Waals surface area contributed by atoms with E-state index in [1.165, 1.54) is 6.26 Å². The van der Waals surface area contributed by atoms with Crippen LogP contribution in [0.15, 0.2) is 43.2 Å². The summed E-state index contributed by atoms with van der Waals surface area (Å²) in [6, 6.07) is 8.91. The zero-order valence-corrected chi connectivity index (χ0v) is 10.4. The number of hydrogen-bond donors (Lipinski definition) is 0. The topological polar surface area (TPSA) is 44.8 Å². The van der Waals surface area contributed by atoms with Crippen LogP contribution >= 0.6 is 0 Å². The van der Waals surface area contributed by atoms with E-state index in [4.69, 9.17) is 13.1 Å². The van der Waals surface area contributed by atoms with E-state index in [9.17, 15) is 4.21 Å². The van der Waals surface area contributed by atoms with E-state index in [0.29, 0.717) is 19.0 Å². The van der Waals surface area contributed by atoms with Crippen molar-refractivity contribution in [1.82, 2.24) is 0 Å². The number of hydrogen-bond acceptors (Lipinski definition) is 4. The normalized spacial score (nSPS) is 11.8. The smallest absolute Gasteiger partial charge is 0.360 e. The van der Waals surface area contributed by atoms with Gasteiger partial charge < -0.3 is 8.92 Å². The summed E-state index contributed by atoms with van der Waals surface area (Å²) in [4.78, 5) is 0. The van der Waals surface area contributed by atoms with Crippen LogP contribution < -0.4 is 4.18 Å². The monoisotopic (exact) mass is 256 g/mol. The van der Waals surface area contributed by atoms with Gasteiger partial charge in [-0.3, -0.25) is 4.18 Å². The maximum absolute atomic E-state index is 11.3. The maximum Gasteiger partial charge on any atom is 0.360 e. The molecule has 0 N–H and O–H groups in total. The lowest BCUT2D eigenvalue weighted by Crippen LogP contribution is -2.06. The van der Waals surface area contributed by atoms with Crippen molar-refractivity contribution >= 4 is 11.4 Å². The second-order valence-corrected chi connectivity index (χ2v) is 3.98. The number of rotatable bonds is 9. The predicted octanol–water partition coefficient (Wildman–Crippen LogP) is 2.60. The van der Waals surface area contributed by atoms with E-state index < -0.39 is 11.4 Å². The molecule has 0 bridgehead atoms. The number of ether oxygens (including phenoxy) is 1. The molecule has 17 heavy (non-hydrogen) atoms. The molecule has 0 aliphatic heterocycles. The molecule has 0 saturated carbocycles. The molecule has 4 nitrogen and oxygen atoms in total. The van der Waals surface area contributed by atoms with Gasteiger partial charge >= 0.3 is 11.4 Å². The zero-order valence-electron chi connectivity index (χ0n) is 9.54. The van der Waals surface area contributed by atoms with Crippen molar-refractivity contribution in [3.05, 3.63) is 43.2 Å². The van der Waals surface area contributed by atoms with E-state index in [1.807, 2.05) is 6.07 Å². The summed E-state index contributed by atoms with van der Waals surface area (Å²) in [5.41, 5.74) is 0. The second kappa shape index (κ2) is 8.78. The minimum absolute atomic E-state index is 0.375. The molecule has 0 fully saturated rings. The second-order valence-electron chi connectivity index (χ2n) is 3.17. The Kier molecular flexibility index (Phi) is 7.09. The lowest BCUT2D eigenvalue weighted by atomic mass is 10.3. The summed E-state index contributed by atoms with van der Waals surface area (Å²) >= 11 is -1.74. The molecule has 0 aliphatic rings. The van der Waals surface area contributed by atoms with Crippen molar-refractivity contribution in [3.8, 4) is 5.75 Å². The Hall–Kier alpha value is -1.33. The van der Waals surface area contributed by atoms with Crippen LogP contribution in [0, 0.1) is 0 Å². The van der Waals surface area contributed by atoms with E-state index in [-0.39, 0.29) is 0 Å². The van der Waals surface area contributed by atoms with Gasteiger partial charge in [-0.15, -0.1) is 0 Å². The van der Waals surface area contributed by atoms with Gasteiger partial charge in [-0.1, -0.05) is 24.8 Å². The molecule has 0 radical (unpaired) electrons. The Labute approximate surface area is 104 Å². The van der Waals surface area contributed by atoms with Crippen molar-refractivity contribution in [2.75, 3.05) is 13.2 Å². The predicted molar refractivity (Wildman–Crippen MR) is 66.5 cm³/mol. The highest BCUT2D eigenvalue weighted by atomic mass is 32.2. The molecule has 94 valence electrons. The third kappa shape index (κ3) is 6.76. The molecule has 1 unspecified atom stereocenters. The van der Waals surface area contributed by atoms with Crippen molar-refractivity contribution in [1.29, 1.82) is 0 Å². The quantitative estimate of drug-likeness (QED) is 0.503. The van der Waals surface area contributed by atoms with Gasteiger partial charge in [-0.2, -0.15) is 4.21 Å². The van der Waals surface area contributed by atoms with Crippen LogP contribution in [0.1, 0.15) is 12.8 Å². The molecular weight excluding hydrogens is 240 g/mol. The summed E-state index contributed by atoms with van der Waals surface area (Å²) in [7, 11) is 0. The minimum Gasteiger partial charge on any atom is -0.502 e. The molecule has 1 aromatic carbocycles. The van der Waals surface area contributed by atoms with Crippen molar-refractivity contribution in [2.45, 2.75) is 12.8 Å². The Bertz CT molecular complexity index is 340. The van der Waals surface area contributed by atoms with Crippen LogP contribution in [0.5, 0.6) is 5.75 Å². The van der Waals surface area contributed by atoms with Crippen LogP contribution in [0.25, 0.3) is 0 Å². The van der Waals surface area contributed by atoms with Gasteiger partial charge in [0.05, 0.1) is 19.5 Å². The van der Waals surface area contributed by atoms with Gasteiger partial charge in [-0.25, -0.2) is 0 Å². The Morgan fingerprint density at radius 2 is 1.88 bits per heavy atom. The lowest BCUT2D eigenvalue weighted by molar-refractivity contribution is 0.226. The van der Waals surface area contributed by atoms with E-state index in [0.717, 1.165) is 12.8 Å². The summed E-state index contributed by atoms with van der Waals surface area (Å²) in [5, 5.41) is 0. The fourth-order valence-corrected chi connectivity index (χ4v) is 1.65. The average Bonchev–Trinajstić information content (AvgIpc) is 2.35. The van der Waals surface area contributed by atoms with Gasteiger partial charge in [0.2, 0.25) is 0 Å². The third-order valence-electron chi connectivity index (χ3n) is 1.86. The first-order chi connectivity index (χ1) is 8.33. The maximum atomic E-state index is 11.3. The first kappa shape index (κ1) is 13.7. The van der Waals surface area contributed by atoms with Crippen molar-refractivity contribution in [2.24, 2.45) is 0 Å². The van der Waals surface area contributed by atoms with Crippen LogP contribution in [-0.4, -0.2) is 17.4 Å². The van der Waals surface area contributed by atoms with Gasteiger partial charge in [0.1, 0.15) is 5.75 Å². The van der Waals surface area contributed by atoms with Crippen molar-refractivity contribution < 1.29 is 17.3 Å². The highest BCUT2D eigenvalue weighted by Crippen LogP contribution is 2.10. The number of para-hydroxylation sites is 1. The fourth-order valence-electron chi connectivity index (χ4n) is 1.08. The van der Waals surface area contributed by atoms with Crippen molar-refractivity contribution in [3.63, 3.8) is 0 Å². The summed E-state index contributed by atoms with van der Waals surface area (Å²) < 4.78 is 26.3. The van der Waals surface area contributed by atoms with E-state index >= 15 is 0 Å². The summed E-state index contributed by atoms with van der Waals surface area (Å²) in [5.74, 6) is 0.529. The SMILES string of the molecule is C=COCCCCOS(=O)Oc1ccccc1. The van der Waals surface area contributed by atoms with Crippen LogP contribution in [0.2, 0.25) is 0 Å². The Morgan fingerprint density at radius 3 is 2.59 bits per heavy atom. The first-order valence-corrected chi connectivity index (χ1v) is 6.34. The molecule has 0 spiro atoms. The molecule has 1 rings (SSSR count).